The fourth-order valence-electron chi connectivity index (χ4n) is 1.77. The van der Waals surface area contributed by atoms with Gasteiger partial charge in [0, 0.05) is 16.8 Å². The molecule has 2 rings (SSSR count). The number of halogens is 1. The molecule has 0 aliphatic rings. The van der Waals surface area contributed by atoms with Crippen LogP contribution in [0, 0.1) is 0 Å². The third-order valence-corrected chi connectivity index (χ3v) is 3.02. The number of anilines is 1. The number of hydrogen-bond acceptors (Lipinski definition) is 3. The number of rotatable bonds is 4. The van der Waals surface area contributed by atoms with Crippen molar-refractivity contribution in [2.45, 2.75) is 12.5 Å². The second-order valence-corrected chi connectivity index (χ2v) is 4.81. The molecule has 2 aromatic rings. The first kappa shape index (κ1) is 14.4. The van der Waals surface area contributed by atoms with Crippen LogP contribution < -0.4 is 5.32 Å². The molecule has 2 aromatic carbocycles. The first-order valence-corrected chi connectivity index (χ1v) is 6.45. The lowest BCUT2D eigenvalue weighted by molar-refractivity contribution is -0.118. The smallest absolute Gasteiger partial charge is 0.227 e. The molecule has 5 heteroatoms. The molecule has 0 saturated heterocycles. The third-order valence-electron chi connectivity index (χ3n) is 2.76. The van der Waals surface area contributed by atoms with Gasteiger partial charge in [-0.3, -0.25) is 4.79 Å². The highest BCUT2D eigenvalue weighted by Crippen LogP contribution is 2.21. The molecule has 0 aromatic heterocycles. The molecule has 0 aliphatic heterocycles. The van der Waals surface area contributed by atoms with Gasteiger partial charge in [-0.25, -0.2) is 0 Å². The summed E-state index contributed by atoms with van der Waals surface area (Å²) in [5, 5.41) is 22.4. The summed E-state index contributed by atoms with van der Waals surface area (Å²) in [6.07, 6.45) is -0.971. The van der Waals surface area contributed by atoms with E-state index in [4.69, 9.17) is 11.6 Å². The molecule has 1 atom stereocenters. The van der Waals surface area contributed by atoms with Crippen LogP contribution in [0.15, 0.2) is 48.5 Å². The SMILES string of the molecule is O=C(CC(O)c1ccc(Cl)cc1)Nc1cccc(O)c1. The molecule has 20 heavy (non-hydrogen) atoms. The van der Waals surface area contributed by atoms with Crippen molar-refractivity contribution in [2.24, 2.45) is 0 Å². The average Bonchev–Trinajstić information content (AvgIpc) is 2.39. The number of amides is 1. The highest BCUT2D eigenvalue weighted by molar-refractivity contribution is 6.30. The number of benzene rings is 2. The van der Waals surface area contributed by atoms with E-state index in [0.29, 0.717) is 16.3 Å². The average molecular weight is 292 g/mol. The Bertz CT molecular complexity index is 598. The minimum absolute atomic E-state index is 0.0704. The minimum Gasteiger partial charge on any atom is -0.508 e. The Kier molecular flexibility index (Phi) is 4.61. The van der Waals surface area contributed by atoms with E-state index in [1.807, 2.05) is 0 Å². The topological polar surface area (TPSA) is 69.6 Å². The molecular formula is C15H14ClNO3. The van der Waals surface area contributed by atoms with Crippen molar-refractivity contribution in [2.75, 3.05) is 5.32 Å². The Morgan fingerprint density at radius 1 is 1.20 bits per heavy atom. The number of hydrogen-bond donors (Lipinski definition) is 3. The van der Waals surface area contributed by atoms with Gasteiger partial charge in [0.05, 0.1) is 12.5 Å². The number of aliphatic hydroxyl groups excluding tert-OH is 1. The van der Waals surface area contributed by atoms with Gasteiger partial charge in [0.15, 0.2) is 0 Å². The van der Waals surface area contributed by atoms with E-state index in [0.717, 1.165) is 0 Å². The molecule has 0 saturated carbocycles. The summed E-state index contributed by atoms with van der Waals surface area (Å²) < 4.78 is 0. The van der Waals surface area contributed by atoms with E-state index < -0.39 is 6.10 Å². The molecule has 4 nitrogen and oxygen atoms in total. The molecule has 1 unspecified atom stereocenters. The molecule has 0 bridgehead atoms. The number of carbonyl (C=O) groups is 1. The summed E-state index contributed by atoms with van der Waals surface area (Å²) in [5.74, 6) is -0.265. The van der Waals surface area contributed by atoms with Crippen LogP contribution in [-0.4, -0.2) is 16.1 Å². The van der Waals surface area contributed by atoms with Crippen LogP contribution >= 0.6 is 11.6 Å². The zero-order chi connectivity index (χ0) is 14.5. The fraction of sp³-hybridized carbons (Fsp3) is 0.133. The summed E-state index contributed by atoms with van der Waals surface area (Å²) in [7, 11) is 0. The number of carbonyl (C=O) groups excluding carboxylic acids is 1. The van der Waals surface area contributed by atoms with Crippen LogP contribution in [0.25, 0.3) is 0 Å². The Morgan fingerprint density at radius 3 is 2.55 bits per heavy atom. The molecule has 104 valence electrons. The second kappa shape index (κ2) is 6.41. The zero-order valence-electron chi connectivity index (χ0n) is 10.6. The monoisotopic (exact) mass is 291 g/mol. The van der Waals surface area contributed by atoms with Crippen molar-refractivity contribution >= 4 is 23.2 Å². The Balaban J connectivity index is 1.95. The molecule has 0 spiro atoms. The lowest BCUT2D eigenvalue weighted by Gasteiger charge is -2.11. The van der Waals surface area contributed by atoms with E-state index in [-0.39, 0.29) is 18.1 Å². The molecule has 0 radical (unpaired) electrons. The van der Waals surface area contributed by atoms with Crippen molar-refractivity contribution in [1.82, 2.24) is 0 Å². The van der Waals surface area contributed by atoms with E-state index in [1.54, 1.807) is 36.4 Å². The van der Waals surface area contributed by atoms with Crippen LogP contribution in [-0.2, 0) is 4.79 Å². The van der Waals surface area contributed by atoms with E-state index in [9.17, 15) is 15.0 Å². The van der Waals surface area contributed by atoms with Gasteiger partial charge in [0.1, 0.15) is 5.75 Å². The lowest BCUT2D eigenvalue weighted by Crippen LogP contribution is -2.15. The minimum atomic E-state index is -0.899. The predicted octanol–water partition coefficient (Wildman–Crippen LogP) is 3.11. The normalized spacial score (nSPS) is 11.9. The van der Waals surface area contributed by atoms with Crippen molar-refractivity contribution in [1.29, 1.82) is 0 Å². The van der Waals surface area contributed by atoms with Gasteiger partial charge in [0.25, 0.3) is 0 Å². The molecule has 0 heterocycles. The number of phenols is 1. The van der Waals surface area contributed by atoms with Gasteiger partial charge in [-0.15, -0.1) is 0 Å². The maximum Gasteiger partial charge on any atom is 0.227 e. The maximum absolute atomic E-state index is 11.8. The van der Waals surface area contributed by atoms with Crippen LogP contribution in [0.5, 0.6) is 5.75 Å². The molecule has 3 N–H and O–H groups in total. The summed E-state index contributed by atoms with van der Waals surface area (Å²) in [6.45, 7) is 0. The lowest BCUT2D eigenvalue weighted by atomic mass is 10.1. The summed E-state index contributed by atoms with van der Waals surface area (Å²) in [4.78, 5) is 11.8. The number of aromatic hydroxyl groups is 1. The Hall–Kier alpha value is -2.04. The van der Waals surface area contributed by atoms with Gasteiger partial charge in [-0.1, -0.05) is 29.8 Å². The summed E-state index contributed by atoms with van der Waals surface area (Å²) in [5.41, 5.74) is 1.11. The van der Waals surface area contributed by atoms with Crippen LogP contribution in [0.2, 0.25) is 5.02 Å². The Labute approximate surface area is 121 Å². The van der Waals surface area contributed by atoms with Crippen molar-refractivity contribution in [3.05, 3.63) is 59.1 Å². The molecule has 1 amide bonds. The number of phenolic OH excluding ortho intramolecular Hbond substituents is 1. The highest BCUT2D eigenvalue weighted by Gasteiger charge is 2.13. The first-order chi connectivity index (χ1) is 9.54. The third kappa shape index (κ3) is 3.98. The van der Waals surface area contributed by atoms with E-state index >= 15 is 0 Å². The van der Waals surface area contributed by atoms with Gasteiger partial charge in [-0.05, 0) is 29.8 Å². The highest BCUT2D eigenvalue weighted by atomic mass is 35.5. The van der Waals surface area contributed by atoms with Crippen molar-refractivity contribution in [3.8, 4) is 5.75 Å². The summed E-state index contributed by atoms with van der Waals surface area (Å²) in [6, 6.07) is 12.9. The van der Waals surface area contributed by atoms with Crippen LogP contribution in [0.4, 0.5) is 5.69 Å². The van der Waals surface area contributed by atoms with Gasteiger partial charge >= 0.3 is 0 Å². The zero-order valence-corrected chi connectivity index (χ0v) is 11.3. The Morgan fingerprint density at radius 2 is 1.90 bits per heavy atom. The van der Waals surface area contributed by atoms with Crippen LogP contribution in [0.1, 0.15) is 18.1 Å². The number of aliphatic hydroxyl groups is 1. The quantitative estimate of drug-likeness (QED) is 0.810. The molecule has 0 aliphatic carbocycles. The van der Waals surface area contributed by atoms with E-state index in [1.165, 1.54) is 12.1 Å². The van der Waals surface area contributed by atoms with Crippen LogP contribution in [0.3, 0.4) is 0 Å². The van der Waals surface area contributed by atoms with Gasteiger partial charge in [-0.2, -0.15) is 0 Å². The van der Waals surface area contributed by atoms with E-state index in [2.05, 4.69) is 5.32 Å². The fourth-order valence-corrected chi connectivity index (χ4v) is 1.90. The summed E-state index contributed by atoms with van der Waals surface area (Å²) >= 11 is 5.76. The maximum atomic E-state index is 11.8. The standard InChI is InChI=1S/C15H14ClNO3/c16-11-6-4-10(5-7-11)14(19)9-15(20)17-12-2-1-3-13(18)8-12/h1-8,14,18-19H,9H2,(H,17,20). The van der Waals surface area contributed by atoms with Gasteiger partial charge in [0.2, 0.25) is 5.91 Å². The second-order valence-electron chi connectivity index (χ2n) is 4.37. The van der Waals surface area contributed by atoms with Crippen molar-refractivity contribution in [3.63, 3.8) is 0 Å². The first-order valence-electron chi connectivity index (χ1n) is 6.07. The predicted molar refractivity (Wildman–Crippen MR) is 77.8 cm³/mol. The molecular weight excluding hydrogens is 278 g/mol. The van der Waals surface area contributed by atoms with Crippen molar-refractivity contribution < 1.29 is 15.0 Å². The van der Waals surface area contributed by atoms with Gasteiger partial charge < -0.3 is 15.5 Å². The molecule has 0 fully saturated rings. The largest absolute Gasteiger partial charge is 0.508 e. The number of nitrogens with one attached hydrogen (secondary N) is 1.